The molecule has 0 bridgehead atoms. The minimum absolute atomic E-state index is 0.0642. The lowest BCUT2D eigenvalue weighted by Gasteiger charge is -2.36. The second-order valence-electron chi connectivity index (χ2n) is 4.80. The third-order valence-electron chi connectivity index (χ3n) is 3.38. The Morgan fingerprint density at radius 1 is 1.19 bits per heavy atom. The smallest absolute Gasteiger partial charge is 0.317 e. The van der Waals surface area contributed by atoms with Gasteiger partial charge in [-0.05, 0) is 12.1 Å². The number of carboxylic acids is 1. The van der Waals surface area contributed by atoms with E-state index in [0.29, 0.717) is 31.2 Å². The maximum absolute atomic E-state index is 11.9. The van der Waals surface area contributed by atoms with Gasteiger partial charge in [0.1, 0.15) is 0 Å². The lowest BCUT2D eigenvalue weighted by Crippen LogP contribution is -2.52. The fourth-order valence-electron chi connectivity index (χ4n) is 2.25. The van der Waals surface area contributed by atoms with Crippen LogP contribution in [0.4, 0.5) is 10.5 Å². The molecule has 114 valence electrons. The average Bonchev–Trinajstić information content (AvgIpc) is 2.47. The number of benzene rings is 1. The number of urea groups is 1. The van der Waals surface area contributed by atoms with Crippen LogP contribution in [-0.4, -0.2) is 54.7 Å². The van der Waals surface area contributed by atoms with E-state index < -0.39 is 5.97 Å². The molecule has 1 aliphatic heterocycles. The van der Waals surface area contributed by atoms with Crippen molar-refractivity contribution in [3.63, 3.8) is 0 Å². The average molecular weight is 312 g/mol. The summed E-state index contributed by atoms with van der Waals surface area (Å²) in [6, 6.07) is 7.42. The van der Waals surface area contributed by atoms with Crippen LogP contribution in [0.5, 0.6) is 0 Å². The molecule has 0 spiro atoms. The van der Waals surface area contributed by atoms with E-state index in [1.165, 1.54) is 0 Å². The summed E-state index contributed by atoms with van der Waals surface area (Å²) in [4.78, 5) is 26.1. The van der Waals surface area contributed by atoms with E-state index >= 15 is 0 Å². The standard InChI is InChI=1S/C14H18ClN3O3/c15-11-3-1-2-4-12(11)17-7-9-18(10-8-17)14(21)16-6-5-13(19)20/h1-4H,5-10H2,(H,16,21)(H,19,20). The first-order valence-electron chi connectivity index (χ1n) is 6.82. The highest BCUT2D eigenvalue weighted by Crippen LogP contribution is 2.25. The third kappa shape index (κ3) is 4.26. The maximum atomic E-state index is 11.9. The van der Waals surface area contributed by atoms with Crippen molar-refractivity contribution in [2.24, 2.45) is 0 Å². The minimum Gasteiger partial charge on any atom is -0.481 e. The summed E-state index contributed by atoms with van der Waals surface area (Å²) < 4.78 is 0. The Balaban J connectivity index is 1.82. The predicted octanol–water partition coefficient (Wildman–Crippen LogP) is 1.65. The molecule has 1 aliphatic rings. The number of nitrogens with one attached hydrogen (secondary N) is 1. The summed E-state index contributed by atoms with van der Waals surface area (Å²) in [5.41, 5.74) is 0.977. The number of rotatable bonds is 4. The Bertz CT molecular complexity index is 516. The van der Waals surface area contributed by atoms with Crippen LogP contribution in [0.1, 0.15) is 6.42 Å². The van der Waals surface area contributed by atoms with E-state index in [0.717, 1.165) is 5.69 Å². The van der Waals surface area contributed by atoms with Crippen LogP contribution < -0.4 is 10.2 Å². The molecular weight excluding hydrogens is 294 g/mol. The quantitative estimate of drug-likeness (QED) is 0.887. The Kier molecular flexibility index (Phi) is 5.27. The molecule has 1 heterocycles. The summed E-state index contributed by atoms with van der Waals surface area (Å²) >= 11 is 6.16. The lowest BCUT2D eigenvalue weighted by atomic mass is 10.2. The van der Waals surface area contributed by atoms with E-state index in [-0.39, 0.29) is 19.0 Å². The van der Waals surface area contributed by atoms with Crippen molar-refractivity contribution in [1.29, 1.82) is 0 Å². The molecule has 0 radical (unpaired) electrons. The van der Waals surface area contributed by atoms with E-state index in [4.69, 9.17) is 16.7 Å². The van der Waals surface area contributed by atoms with Crippen LogP contribution >= 0.6 is 11.6 Å². The number of amides is 2. The number of piperazine rings is 1. The monoisotopic (exact) mass is 311 g/mol. The van der Waals surface area contributed by atoms with Gasteiger partial charge in [0.2, 0.25) is 0 Å². The van der Waals surface area contributed by atoms with Crippen molar-refractivity contribution in [1.82, 2.24) is 10.2 Å². The van der Waals surface area contributed by atoms with Gasteiger partial charge in [-0.15, -0.1) is 0 Å². The molecule has 21 heavy (non-hydrogen) atoms. The van der Waals surface area contributed by atoms with Crippen LogP contribution in [0.25, 0.3) is 0 Å². The molecule has 0 saturated carbocycles. The van der Waals surface area contributed by atoms with Crippen LogP contribution in [0.15, 0.2) is 24.3 Å². The van der Waals surface area contributed by atoms with Crippen molar-refractivity contribution in [3.05, 3.63) is 29.3 Å². The van der Waals surface area contributed by atoms with Crippen molar-refractivity contribution in [3.8, 4) is 0 Å². The summed E-state index contributed by atoms with van der Waals surface area (Å²) in [6.07, 6.45) is -0.0642. The van der Waals surface area contributed by atoms with E-state index in [1.807, 2.05) is 24.3 Å². The first-order valence-corrected chi connectivity index (χ1v) is 7.20. The molecule has 6 nitrogen and oxygen atoms in total. The molecule has 1 fully saturated rings. The minimum atomic E-state index is -0.918. The summed E-state index contributed by atoms with van der Waals surface area (Å²) in [7, 11) is 0. The van der Waals surface area contributed by atoms with Crippen molar-refractivity contribution in [2.75, 3.05) is 37.6 Å². The topological polar surface area (TPSA) is 72.9 Å². The molecule has 0 atom stereocenters. The number of hydrogen-bond acceptors (Lipinski definition) is 3. The van der Waals surface area contributed by atoms with Crippen LogP contribution in [-0.2, 0) is 4.79 Å². The first-order chi connectivity index (χ1) is 10.1. The highest BCUT2D eigenvalue weighted by molar-refractivity contribution is 6.33. The molecule has 0 aromatic heterocycles. The molecule has 1 aromatic carbocycles. The van der Waals surface area contributed by atoms with Crippen LogP contribution in [0.3, 0.4) is 0 Å². The van der Waals surface area contributed by atoms with Gasteiger partial charge in [0.05, 0.1) is 17.1 Å². The number of carbonyl (C=O) groups is 2. The molecule has 7 heteroatoms. The molecule has 2 N–H and O–H groups in total. The van der Waals surface area contributed by atoms with Crippen molar-refractivity contribution >= 4 is 29.3 Å². The zero-order valence-electron chi connectivity index (χ0n) is 11.6. The van der Waals surface area contributed by atoms with Gasteiger partial charge in [-0.3, -0.25) is 4.79 Å². The van der Waals surface area contributed by atoms with Crippen molar-refractivity contribution in [2.45, 2.75) is 6.42 Å². The number of aliphatic carboxylic acids is 1. The number of para-hydroxylation sites is 1. The SMILES string of the molecule is O=C(O)CCNC(=O)N1CCN(c2ccccc2Cl)CC1. The molecule has 1 aromatic rings. The largest absolute Gasteiger partial charge is 0.481 e. The normalized spacial score (nSPS) is 14.9. The van der Waals surface area contributed by atoms with Gasteiger partial charge < -0.3 is 20.2 Å². The number of carboxylic acid groups (broad SMARTS) is 1. The van der Waals surface area contributed by atoms with Crippen LogP contribution in [0.2, 0.25) is 5.02 Å². The highest BCUT2D eigenvalue weighted by atomic mass is 35.5. The van der Waals surface area contributed by atoms with E-state index in [2.05, 4.69) is 10.2 Å². The van der Waals surface area contributed by atoms with Gasteiger partial charge in [-0.1, -0.05) is 23.7 Å². The summed E-state index contributed by atoms with van der Waals surface area (Å²) in [6.45, 7) is 2.74. The highest BCUT2D eigenvalue weighted by Gasteiger charge is 2.22. The fraction of sp³-hybridized carbons (Fsp3) is 0.429. The Morgan fingerprint density at radius 3 is 2.48 bits per heavy atom. The van der Waals surface area contributed by atoms with Gasteiger partial charge in [0.15, 0.2) is 0 Å². The van der Waals surface area contributed by atoms with E-state index in [9.17, 15) is 9.59 Å². The number of halogens is 1. The Morgan fingerprint density at radius 2 is 1.86 bits per heavy atom. The number of carbonyl (C=O) groups excluding carboxylic acids is 1. The molecule has 1 saturated heterocycles. The third-order valence-corrected chi connectivity index (χ3v) is 3.69. The molecule has 0 aliphatic carbocycles. The summed E-state index contributed by atoms with van der Waals surface area (Å²) in [5, 5.41) is 11.9. The molecule has 2 rings (SSSR count). The number of anilines is 1. The molecular formula is C14H18ClN3O3. The summed E-state index contributed by atoms with van der Waals surface area (Å²) in [5.74, 6) is -0.918. The Labute approximate surface area is 128 Å². The Hall–Kier alpha value is -1.95. The van der Waals surface area contributed by atoms with E-state index in [1.54, 1.807) is 4.90 Å². The zero-order valence-corrected chi connectivity index (χ0v) is 12.3. The van der Waals surface area contributed by atoms with Gasteiger partial charge in [-0.2, -0.15) is 0 Å². The second-order valence-corrected chi connectivity index (χ2v) is 5.21. The fourth-order valence-corrected chi connectivity index (χ4v) is 2.50. The van der Waals surface area contributed by atoms with Gasteiger partial charge in [0, 0.05) is 32.7 Å². The molecule has 2 amide bonds. The van der Waals surface area contributed by atoms with Gasteiger partial charge in [-0.25, -0.2) is 4.79 Å². The van der Waals surface area contributed by atoms with Gasteiger partial charge in [0.25, 0.3) is 0 Å². The first kappa shape index (κ1) is 15.4. The van der Waals surface area contributed by atoms with Crippen molar-refractivity contribution < 1.29 is 14.7 Å². The second kappa shape index (κ2) is 7.17. The van der Waals surface area contributed by atoms with Crippen LogP contribution in [0, 0.1) is 0 Å². The maximum Gasteiger partial charge on any atom is 0.317 e. The zero-order chi connectivity index (χ0) is 15.2. The number of hydrogen-bond donors (Lipinski definition) is 2. The molecule has 0 unspecified atom stereocenters. The number of nitrogens with zero attached hydrogens (tertiary/aromatic N) is 2. The lowest BCUT2D eigenvalue weighted by molar-refractivity contribution is -0.136. The predicted molar refractivity (Wildman–Crippen MR) is 80.9 cm³/mol. The van der Waals surface area contributed by atoms with Gasteiger partial charge >= 0.3 is 12.0 Å².